The van der Waals surface area contributed by atoms with Gasteiger partial charge in [-0.15, -0.1) is 0 Å². The van der Waals surface area contributed by atoms with Crippen LogP contribution in [0.1, 0.15) is 17.9 Å². The quantitative estimate of drug-likeness (QED) is 0.532. The first-order chi connectivity index (χ1) is 14.3. The zero-order valence-corrected chi connectivity index (χ0v) is 16.8. The second-order valence-corrected chi connectivity index (χ2v) is 9.39. The van der Waals surface area contributed by atoms with Crippen molar-refractivity contribution in [2.45, 2.75) is 17.2 Å². The Morgan fingerprint density at radius 1 is 1.07 bits per heavy atom. The molecule has 0 spiro atoms. The van der Waals surface area contributed by atoms with E-state index < -0.39 is 14.9 Å². The predicted molar refractivity (Wildman–Crippen MR) is 106 cm³/mol. The first-order valence-electron chi connectivity index (χ1n) is 9.57. The summed E-state index contributed by atoms with van der Waals surface area (Å²) in [7, 11) is -3.89. The topological polar surface area (TPSA) is 101 Å². The lowest BCUT2D eigenvalue weighted by Crippen LogP contribution is -2.51. The molecule has 1 saturated carbocycles. The summed E-state index contributed by atoms with van der Waals surface area (Å²) >= 11 is 0. The van der Waals surface area contributed by atoms with Crippen LogP contribution in [0.4, 0.5) is 10.1 Å². The summed E-state index contributed by atoms with van der Waals surface area (Å²) in [4.78, 5) is 24.5. The maximum absolute atomic E-state index is 13.9. The molecule has 2 aliphatic rings. The lowest BCUT2D eigenvalue weighted by molar-refractivity contribution is -0.385. The number of nitro groups is 1. The zero-order chi connectivity index (χ0) is 21.5. The van der Waals surface area contributed by atoms with E-state index in [1.807, 2.05) is 0 Å². The van der Waals surface area contributed by atoms with Crippen LogP contribution in [0.25, 0.3) is 0 Å². The average molecular weight is 433 g/mol. The van der Waals surface area contributed by atoms with E-state index in [9.17, 15) is 27.7 Å². The molecule has 0 radical (unpaired) electrons. The number of benzene rings is 2. The molecule has 0 aromatic heterocycles. The van der Waals surface area contributed by atoms with Crippen molar-refractivity contribution in [2.24, 2.45) is 5.92 Å². The number of rotatable bonds is 5. The molecule has 1 heterocycles. The lowest BCUT2D eigenvalue weighted by Gasteiger charge is -2.34. The molecule has 8 nitrogen and oxygen atoms in total. The Kier molecular flexibility index (Phi) is 5.29. The summed E-state index contributed by atoms with van der Waals surface area (Å²) in [6.45, 7) is 0.669. The summed E-state index contributed by atoms with van der Waals surface area (Å²) < 4.78 is 40.8. The number of nitro benzene ring substituents is 1. The Hall–Kier alpha value is -2.85. The minimum Gasteiger partial charge on any atom is -0.340 e. The van der Waals surface area contributed by atoms with E-state index in [4.69, 9.17) is 0 Å². The predicted octanol–water partition coefficient (Wildman–Crippen LogP) is 2.37. The van der Waals surface area contributed by atoms with E-state index in [2.05, 4.69) is 0 Å². The van der Waals surface area contributed by atoms with Gasteiger partial charge in [0.05, 0.1) is 9.82 Å². The fraction of sp³-hybridized carbons (Fsp3) is 0.350. The number of hydrogen-bond acceptors (Lipinski definition) is 5. The van der Waals surface area contributed by atoms with Crippen molar-refractivity contribution < 1.29 is 22.5 Å². The molecule has 0 bridgehead atoms. The van der Waals surface area contributed by atoms with Gasteiger partial charge in [-0.05, 0) is 30.0 Å². The van der Waals surface area contributed by atoms with Crippen molar-refractivity contribution in [1.82, 2.24) is 9.21 Å². The molecular formula is C20H20FN3O5S. The number of amides is 1. The number of carbonyl (C=O) groups is 1. The maximum Gasteiger partial charge on any atom is 0.270 e. The molecule has 0 N–H and O–H groups in total. The summed E-state index contributed by atoms with van der Waals surface area (Å²) in [6.07, 6.45) is 0.589. The van der Waals surface area contributed by atoms with Gasteiger partial charge >= 0.3 is 0 Å². The normalized spacial score (nSPS) is 22.0. The molecular weight excluding hydrogens is 413 g/mol. The van der Waals surface area contributed by atoms with Crippen LogP contribution in [0, 0.1) is 21.8 Å². The molecule has 2 aromatic carbocycles. The Morgan fingerprint density at radius 2 is 1.77 bits per heavy atom. The number of carbonyl (C=O) groups excluding carboxylic acids is 1. The van der Waals surface area contributed by atoms with Crippen molar-refractivity contribution in [3.8, 4) is 0 Å². The molecule has 10 heteroatoms. The van der Waals surface area contributed by atoms with E-state index >= 15 is 0 Å². The Labute approximate surface area is 173 Å². The third-order valence-electron chi connectivity index (χ3n) is 5.63. The first kappa shape index (κ1) is 20.4. The SMILES string of the molecule is O=C(C1CC1c1ccccc1F)N1CCN(S(=O)(=O)c2cccc([N+](=O)[O-])c2)CC1. The third kappa shape index (κ3) is 3.80. The maximum atomic E-state index is 13.9. The van der Waals surface area contributed by atoms with Crippen molar-refractivity contribution >= 4 is 21.6 Å². The number of nitrogens with zero attached hydrogens (tertiary/aromatic N) is 3. The fourth-order valence-electron chi connectivity index (χ4n) is 3.88. The number of sulfonamides is 1. The fourth-order valence-corrected chi connectivity index (χ4v) is 5.34. The zero-order valence-electron chi connectivity index (χ0n) is 16.0. The van der Waals surface area contributed by atoms with Crippen molar-refractivity contribution in [1.29, 1.82) is 0 Å². The van der Waals surface area contributed by atoms with Gasteiger partial charge in [0.2, 0.25) is 15.9 Å². The second kappa shape index (κ2) is 7.77. The van der Waals surface area contributed by atoms with Crippen LogP contribution in [0.2, 0.25) is 0 Å². The second-order valence-electron chi connectivity index (χ2n) is 7.45. The minimum atomic E-state index is -3.89. The molecule has 30 heavy (non-hydrogen) atoms. The molecule has 4 rings (SSSR count). The highest BCUT2D eigenvalue weighted by Crippen LogP contribution is 2.49. The van der Waals surface area contributed by atoms with E-state index in [0.29, 0.717) is 12.0 Å². The highest BCUT2D eigenvalue weighted by Gasteiger charge is 2.47. The van der Waals surface area contributed by atoms with Gasteiger partial charge in [-0.1, -0.05) is 24.3 Å². The lowest BCUT2D eigenvalue weighted by atomic mass is 10.1. The summed E-state index contributed by atoms with van der Waals surface area (Å²) in [5.74, 6) is -0.812. The summed E-state index contributed by atoms with van der Waals surface area (Å²) in [5, 5.41) is 10.9. The van der Waals surface area contributed by atoms with Crippen LogP contribution in [-0.2, 0) is 14.8 Å². The molecule has 1 aliphatic carbocycles. The van der Waals surface area contributed by atoms with Crippen LogP contribution in [-0.4, -0.2) is 54.6 Å². The van der Waals surface area contributed by atoms with Crippen LogP contribution in [0.3, 0.4) is 0 Å². The Bertz CT molecular complexity index is 1100. The van der Waals surface area contributed by atoms with Gasteiger partial charge in [0.1, 0.15) is 5.82 Å². The molecule has 2 aromatic rings. The van der Waals surface area contributed by atoms with E-state index in [0.717, 1.165) is 6.07 Å². The van der Waals surface area contributed by atoms with E-state index in [1.54, 1.807) is 23.1 Å². The molecule has 1 saturated heterocycles. The van der Waals surface area contributed by atoms with Crippen LogP contribution in [0.5, 0.6) is 0 Å². The van der Waals surface area contributed by atoms with Crippen LogP contribution in [0.15, 0.2) is 53.4 Å². The van der Waals surface area contributed by atoms with Gasteiger partial charge in [-0.3, -0.25) is 14.9 Å². The van der Waals surface area contributed by atoms with E-state index in [-0.39, 0.29) is 60.3 Å². The highest BCUT2D eigenvalue weighted by molar-refractivity contribution is 7.89. The largest absolute Gasteiger partial charge is 0.340 e. The van der Waals surface area contributed by atoms with Crippen LogP contribution >= 0.6 is 0 Å². The van der Waals surface area contributed by atoms with Crippen LogP contribution < -0.4 is 0 Å². The first-order valence-corrected chi connectivity index (χ1v) is 11.0. The standard InChI is InChI=1S/C20H20FN3O5S/c21-19-7-2-1-6-16(19)17-13-18(17)20(25)22-8-10-23(11-9-22)30(28,29)15-5-3-4-14(12-15)24(26)27/h1-7,12,17-18H,8-11,13H2. The van der Waals surface area contributed by atoms with Gasteiger partial charge in [-0.25, -0.2) is 12.8 Å². The molecule has 1 amide bonds. The Balaban J connectivity index is 1.39. The highest BCUT2D eigenvalue weighted by atomic mass is 32.2. The Morgan fingerprint density at radius 3 is 2.43 bits per heavy atom. The number of non-ortho nitro benzene ring substituents is 1. The van der Waals surface area contributed by atoms with Gasteiger partial charge in [0, 0.05) is 44.2 Å². The minimum absolute atomic E-state index is 0.0874. The molecule has 2 unspecified atom stereocenters. The number of halogens is 1. The van der Waals surface area contributed by atoms with Gasteiger partial charge in [0.15, 0.2) is 0 Å². The molecule has 158 valence electrons. The van der Waals surface area contributed by atoms with Crippen molar-refractivity contribution in [2.75, 3.05) is 26.2 Å². The van der Waals surface area contributed by atoms with Gasteiger partial charge < -0.3 is 4.90 Å². The van der Waals surface area contributed by atoms with Gasteiger partial charge in [0.25, 0.3) is 5.69 Å². The number of hydrogen-bond donors (Lipinski definition) is 0. The molecule has 2 fully saturated rings. The van der Waals surface area contributed by atoms with Crippen molar-refractivity contribution in [3.05, 3.63) is 70.0 Å². The van der Waals surface area contributed by atoms with Crippen molar-refractivity contribution in [3.63, 3.8) is 0 Å². The smallest absolute Gasteiger partial charge is 0.270 e. The average Bonchev–Trinajstić information content (AvgIpc) is 3.54. The molecule has 1 aliphatic heterocycles. The molecule has 2 atom stereocenters. The monoisotopic (exact) mass is 433 g/mol. The van der Waals surface area contributed by atoms with Gasteiger partial charge in [-0.2, -0.15) is 4.31 Å². The summed E-state index contributed by atoms with van der Waals surface area (Å²) in [6, 6.07) is 11.4. The summed E-state index contributed by atoms with van der Waals surface area (Å²) in [5.41, 5.74) is 0.251. The third-order valence-corrected chi connectivity index (χ3v) is 7.52. The number of piperazine rings is 1. The van der Waals surface area contributed by atoms with E-state index in [1.165, 1.54) is 28.6 Å².